The smallest absolute Gasteiger partial charge is 0.338 e. The Bertz CT molecular complexity index is 1540. The van der Waals surface area contributed by atoms with Gasteiger partial charge < -0.3 is 14.2 Å². The number of hydrogen-bond donors (Lipinski definition) is 0. The van der Waals surface area contributed by atoms with Gasteiger partial charge in [-0.15, -0.1) is 0 Å². The van der Waals surface area contributed by atoms with E-state index in [1.165, 1.54) is 24.0 Å². The van der Waals surface area contributed by atoms with Crippen LogP contribution in [0.3, 0.4) is 0 Å². The zero-order valence-electron chi connectivity index (χ0n) is 21.6. The minimum Gasteiger partial charge on any atom is -0.493 e. The molecule has 4 rings (SSSR count). The maximum Gasteiger partial charge on any atom is 0.338 e. The number of rotatable bonds is 8. The monoisotopic (exact) mass is 518 g/mol. The minimum absolute atomic E-state index is 0.235. The summed E-state index contributed by atoms with van der Waals surface area (Å²) in [4.78, 5) is 31.7. The lowest BCUT2D eigenvalue weighted by molar-refractivity contribution is -0.136. The highest BCUT2D eigenvalue weighted by Crippen LogP contribution is 2.32. The summed E-state index contributed by atoms with van der Waals surface area (Å²) >= 11 is 1.28. The largest absolute Gasteiger partial charge is 0.493 e. The van der Waals surface area contributed by atoms with Crippen LogP contribution in [0.1, 0.15) is 49.4 Å². The Morgan fingerprint density at radius 1 is 1.16 bits per heavy atom. The second-order valence-electron chi connectivity index (χ2n) is 8.90. The summed E-state index contributed by atoms with van der Waals surface area (Å²) in [6, 6.07) is 12.8. The van der Waals surface area contributed by atoms with Crippen LogP contribution in [0, 0.1) is 0 Å². The van der Waals surface area contributed by atoms with Gasteiger partial charge in [0.2, 0.25) is 0 Å². The standard InChI is InChI=1S/C29H30N2O5S/c1-7-14-36-22-13-8-19(15-23(22)34-5)16-24-27(32)31-26(21-11-9-20(10-12-21)17(2)3)25(28(33)35-6)18(4)30-29(31)37-24/h7-13,15-17,26H,1,14H2,2-6H3/b24-16-/t26-/m0/s1. The zero-order valence-corrected chi connectivity index (χ0v) is 22.4. The highest BCUT2D eigenvalue weighted by Gasteiger charge is 2.33. The second kappa shape index (κ2) is 11.0. The van der Waals surface area contributed by atoms with E-state index >= 15 is 0 Å². The summed E-state index contributed by atoms with van der Waals surface area (Å²) in [5.41, 5.74) is 3.41. The van der Waals surface area contributed by atoms with Crippen LogP contribution in [0.5, 0.6) is 11.5 Å². The summed E-state index contributed by atoms with van der Waals surface area (Å²) < 4.78 is 18.3. The van der Waals surface area contributed by atoms with Gasteiger partial charge in [-0.05, 0) is 47.7 Å². The van der Waals surface area contributed by atoms with Gasteiger partial charge in [0.05, 0.1) is 36.1 Å². The van der Waals surface area contributed by atoms with E-state index < -0.39 is 12.0 Å². The molecule has 0 saturated carbocycles. The Hall–Kier alpha value is -3.91. The number of hydrogen-bond acceptors (Lipinski definition) is 7. The van der Waals surface area contributed by atoms with Gasteiger partial charge in [-0.3, -0.25) is 9.36 Å². The number of methoxy groups -OCH3 is 2. The van der Waals surface area contributed by atoms with Crippen molar-refractivity contribution in [2.45, 2.75) is 32.7 Å². The number of aromatic nitrogens is 1. The first kappa shape index (κ1) is 26.2. The Balaban J connectivity index is 1.87. The third-order valence-corrected chi connectivity index (χ3v) is 7.17. The van der Waals surface area contributed by atoms with Crippen LogP contribution >= 0.6 is 11.3 Å². The summed E-state index contributed by atoms with van der Waals surface area (Å²) in [5.74, 6) is 0.992. The molecule has 0 aliphatic carbocycles. The van der Waals surface area contributed by atoms with Crippen LogP contribution < -0.4 is 24.4 Å². The average Bonchev–Trinajstić information content (AvgIpc) is 3.20. The van der Waals surface area contributed by atoms with Crippen molar-refractivity contribution in [3.63, 3.8) is 0 Å². The molecule has 2 heterocycles. The van der Waals surface area contributed by atoms with E-state index in [4.69, 9.17) is 14.2 Å². The molecular weight excluding hydrogens is 488 g/mol. The molecule has 0 saturated heterocycles. The van der Waals surface area contributed by atoms with Gasteiger partial charge in [0, 0.05) is 0 Å². The first-order valence-corrected chi connectivity index (χ1v) is 12.7. The Labute approximate surface area is 219 Å². The van der Waals surface area contributed by atoms with Crippen molar-refractivity contribution in [3.05, 3.63) is 103 Å². The lowest BCUT2D eigenvalue weighted by atomic mass is 9.93. The number of thiazole rings is 1. The highest BCUT2D eigenvalue weighted by molar-refractivity contribution is 7.07. The number of fused-ring (bicyclic) bond motifs is 1. The van der Waals surface area contributed by atoms with Crippen LogP contribution in [0.4, 0.5) is 0 Å². The molecule has 0 spiro atoms. The molecule has 1 aliphatic rings. The highest BCUT2D eigenvalue weighted by atomic mass is 32.1. The molecule has 0 fully saturated rings. The fraction of sp³-hybridized carbons (Fsp3) is 0.276. The normalized spacial score (nSPS) is 15.3. The van der Waals surface area contributed by atoms with E-state index in [1.807, 2.05) is 36.4 Å². The fourth-order valence-electron chi connectivity index (χ4n) is 4.26. The molecule has 2 aromatic carbocycles. The molecule has 0 bridgehead atoms. The molecule has 1 atom stereocenters. The molecule has 0 unspecified atom stereocenters. The molecule has 37 heavy (non-hydrogen) atoms. The third kappa shape index (κ3) is 5.15. The molecule has 0 N–H and O–H groups in total. The van der Waals surface area contributed by atoms with Gasteiger partial charge in [0.25, 0.3) is 5.56 Å². The summed E-state index contributed by atoms with van der Waals surface area (Å²) in [6.45, 7) is 10.0. The molecule has 1 aliphatic heterocycles. The van der Waals surface area contributed by atoms with Crippen LogP contribution in [0.25, 0.3) is 6.08 Å². The van der Waals surface area contributed by atoms with Gasteiger partial charge >= 0.3 is 5.97 Å². The van der Waals surface area contributed by atoms with Gasteiger partial charge in [0.1, 0.15) is 6.61 Å². The van der Waals surface area contributed by atoms with Crippen molar-refractivity contribution >= 4 is 23.4 Å². The van der Waals surface area contributed by atoms with E-state index in [9.17, 15) is 9.59 Å². The zero-order chi connectivity index (χ0) is 26.7. The van der Waals surface area contributed by atoms with E-state index in [-0.39, 0.29) is 5.56 Å². The van der Waals surface area contributed by atoms with Crippen LogP contribution in [-0.4, -0.2) is 31.4 Å². The van der Waals surface area contributed by atoms with E-state index in [1.54, 1.807) is 36.8 Å². The number of carbonyl (C=O) groups excluding carboxylic acids is 1. The quantitative estimate of drug-likeness (QED) is 0.331. The van der Waals surface area contributed by atoms with Crippen molar-refractivity contribution in [2.24, 2.45) is 4.99 Å². The van der Waals surface area contributed by atoms with Gasteiger partial charge in [-0.1, -0.05) is 68.2 Å². The number of ether oxygens (including phenoxy) is 3. The molecule has 0 radical (unpaired) electrons. The topological polar surface area (TPSA) is 79.1 Å². The van der Waals surface area contributed by atoms with Gasteiger partial charge in [-0.2, -0.15) is 0 Å². The van der Waals surface area contributed by atoms with Crippen molar-refractivity contribution in [1.82, 2.24) is 4.57 Å². The molecule has 0 amide bonds. The number of allylic oxidation sites excluding steroid dienone is 1. The molecule has 7 nitrogen and oxygen atoms in total. The first-order chi connectivity index (χ1) is 17.8. The van der Waals surface area contributed by atoms with Gasteiger partial charge in [-0.25, -0.2) is 9.79 Å². The molecule has 3 aromatic rings. The predicted octanol–water partition coefficient (Wildman–Crippen LogP) is 4.11. The van der Waals surface area contributed by atoms with Crippen molar-refractivity contribution < 1.29 is 19.0 Å². The number of benzene rings is 2. The van der Waals surface area contributed by atoms with Crippen molar-refractivity contribution in [2.75, 3.05) is 20.8 Å². The summed E-state index contributed by atoms with van der Waals surface area (Å²) in [6.07, 6.45) is 3.45. The molecule has 192 valence electrons. The molecular formula is C29H30N2O5S. The number of nitrogens with zero attached hydrogens (tertiary/aromatic N) is 2. The Morgan fingerprint density at radius 3 is 2.51 bits per heavy atom. The SMILES string of the molecule is C=CCOc1ccc(/C=c2\sc3n(c2=O)[C@@H](c2ccc(C(C)C)cc2)C(C(=O)OC)=C(C)N=3)cc1OC. The van der Waals surface area contributed by atoms with Crippen molar-refractivity contribution in [1.29, 1.82) is 0 Å². The average molecular weight is 519 g/mol. The Morgan fingerprint density at radius 2 is 1.89 bits per heavy atom. The van der Waals surface area contributed by atoms with Crippen LogP contribution in [0.2, 0.25) is 0 Å². The van der Waals surface area contributed by atoms with Crippen LogP contribution in [-0.2, 0) is 9.53 Å². The number of carbonyl (C=O) groups is 1. The third-order valence-electron chi connectivity index (χ3n) is 6.19. The van der Waals surface area contributed by atoms with Crippen LogP contribution in [0.15, 0.2) is 76.2 Å². The fourth-order valence-corrected chi connectivity index (χ4v) is 5.31. The van der Waals surface area contributed by atoms with E-state index in [0.29, 0.717) is 44.6 Å². The minimum atomic E-state index is -0.642. The van der Waals surface area contributed by atoms with E-state index in [2.05, 4.69) is 25.4 Å². The predicted molar refractivity (Wildman–Crippen MR) is 145 cm³/mol. The lowest BCUT2D eigenvalue weighted by Gasteiger charge is -2.24. The first-order valence-electron chi connectivity index (χ1n) is 11.9. The molecule has 1 aromatic heterocycles. The second-order valence-corrected chi connectivity index (χ2v) is 9.91. The summed E-state index contributed by atoms with van der Waals surface area (Å²) in [7, 11) is 2.90. The maximum atomic E-state index is 13.7. The van der Waals surface area contributed by atoms with E-state index in [0.717, 1.165) is 11.1 Å². The molecule has 8 heteroatoms. The number of esters is 1. The lowest BCUT2D eigenvalue weighted by Crippen LogP contribution is -2.39. The van der Waals surface area contributed by atoms with Gasteiger partial charge in [0.15, 0.2) is 16.3 Å². The Kier molecular flexibility index (Phi) is 7.78. The summed E-state index contributed by atoms with van der Waals surface area (Å²) in [5, 5.41) is 0. The van der Waals surface area contributed by atoms with Crippen molar-refractivity contribution in [3.8, 4) is 11.5 Å². The maximum absolute atomic E-state index is 13.7.